The Morgan fingerprint density at radius 3 is 1.12 bits per heavy atom. The van der Waals surface area contributed by atoms with Crippen molar-refractivity contribution >= 4 is 19.8 Å². The summed E-state index contributed by atoms with van der Waals surface area (Å²) in [6.45, 7) is 0.0882. The first kappa shape index (κ1) is 81.7. The lowest BCUT2D eigenvalue weighted by Crippen LogP contribution is -2.69. The van der Waals surface area contributed by atoms with Gasteiger partial charge in [-0.2, -0.15) is 0 Å². The Labute approximate surface area is 536 Å². The topological polar surface area (TPSA) is 447 Å². The molecular weight excluding hydrogens is 1220 g/mol. The maximum Gasteiger partial charge on any atom is 0.472 e. The largest absolute Gasteiger partial charge is 0.472 e. The zero-order chi connectivity index (χ0) is 66.9. The van der Waals surface area contributed by atoms with Crippen molar-refractivity contribution in [3.8, 4) is 0 Å². The number of aliphatic hydroxyl groups is 14. The molecule has 3 aliphatic heterocycles. The summed E-state index contributed by atoms with van der Waals surface area (Å²) >= 11 is 0. The van der Waals surface area contributed by atoms with Gasteiger partial charge in [0, 0.05) is 12.8 Å². The molecule has 0 amide bonds. The predicted molar refractivity (Wildman–Crippen MR) is 324 cm³/mol. The second-order valence-electron chi connectivity index (χ2n) is 25.1. The van der Waals surface area contributed by atoms with Gasteiger partial charge in [-0.05, 0) is 12.8 Å². The number of ether oxygens (including phenoxy) is 8. The van der Waals surface area contributed by atoms with Gasteiger partial charge in [-0.3, -0.25) is 18.6 Å². The van der Waals surface area contributed by atoms with Crippen molar-refractivity contribution in [2.75, 3.05) is 33.0 Å². The molecule has 28 nitrogen and oxygen atoms in total. The maximum atomic E-state index is 14.3. The van der Waals surface area contributed by atoms with E-state index in [1.807, 2.05) is 0 Å². The van der Waals surface area contributed by atoms with E-state index < -0.39 is 188 Å². The summed E-state index contributed by atoms with van der Waals surface area (Å²) < 4.78 is 69.9. The van der Waals surface area contributed by atoms with E-state index in [0.717, 1.165) is 57.8 Å². The van der Waals surface area contributed by atoms with Crippen LogP contribution < -0.4 is 0 Å². The van der Waals surface area contributed by atoms with Crippen LogP contribution >= 0.6 is 7.82 Å². The Balaban J connectivity index is 1.47. The van der Waals surface area contributed by atoms with Crippen LogP contribution in [0.3, 0.4) is 0 Å². The molecule has 0 spiro atoms. The smallest absolute Gasteiger partial charge is 0.462 e. The van der Waals surface area contributed by atoms with Crippen molar-refractivity contribution in [2.45, 2.75) is 348 Å². The lowest BCUT2D eigenvalue weighted by atomic mass is 9.84. The second-order valence-corrected chi connectivity index (χ2v) is 26.5. The first-order valence-corrected chi connectivity index (χ1v) is 35.4. The third kappa shape index (κ3) is 28.3. The Hall–Kier alpha value is -1.75. The minimum absolute atomic E-state index is 0.0252. The Morgan fingerprint density at radius 2 is 0.725 bits per heavy atom. The summed E-state index contributed by atoms with van der Waals surface area (Å²) in [7, 11) is -5.75. The highest BCUT2D eigenvalue weighted by Gasteiger charge is 2.58. The molecule has 4 fully saturated rings. The van der Waals surface area contributed by atoms with Crippen LogP contribution in [0.15, 0.2) is 0 Å². The summed E-state index contributed by atoms with van der Waals surface area (Å²) in [5.74, 6) is -1.39. The molecule has 10 unspecified atom stereocenters. The molecule has 29 heteroatoms. The van der Waals surface area contributed by atoms with E-state index in [1.54, 1.807) is 0 Å². The van der Waals surface area contributed by atoms with Crippen molar-refractivity contribution in [1.29, 1.82) is 0 Å². The zero-order valence-electron chi connectivity index (χ0n) is 53.6. The van der Waals surface area contributed by atoms with Gasteiger partial charge in [-0.1, -0.05) is 187 Å². The number of unbranched alkanes of at least 4 members (excludes halogenated alkanes) is 27. The highest BCUT2D eigenvalue weighted by Crippen LogP contribution is 2.49. The molecule has 0 aromatic carbocycles. The summed E-state index contributed by atoms with van der Waals surface area (Å²) in [6.07, 6.45) is -13.4. The molecule has 0 aromatic heterocycles. The summed E-state index contributed by atoms with van der Waals surface area (Å²) in [5, 5.41) is 150. The fourth-order valence-electron chi connectivity index (χ4n) is 11.7. The first-order chi connectivity index (χ1) is 43.6. The average Bonchev–Trinajstić information content (AvgIpc) is 0.848. The van der Waals surface area contributed by atoms with Crippen LogP contribution in [-0.2, 0) is 61.1 Å². The predicted octanol–water partition coefficient (Wildman–Crippen LogP) is 2.37. The van der Waals surface area contributed by atoms with E-state index in [0.29, 0.717) is 19.3 Å². The van der Waals surface area contributed by atoms with Crippen LogP contribution in [0.5, 0.6) is 0 Å². The van der Waals surface area contributed by atoms with Gasteiger partial charge in [-0.25, -0.2) is 4.57 Å². The third-order valence-corrected chi connectivity index (χ3v) is 18.5. The standard InChI is InChI=1S/C62H115O28P/c1-3-5-7-9-11-13-15-17-18-19-21-22-24-26-28-30-32-43(65)81-36-39(84-44(66)33-31-29-27-25-23-20-16-14-12-10-8-6-4-2)37-83-91(79,80)90-59-57(88-61-55(77)49(71)46(68)41(35-64)86-61)52(74)51(73)53(75)58(59)89-62-56(78)50(72)47(69)42(87-62)38-82-60-54(76)48(70)45(67)40(34-63)85-60/h39-42,45-64,67-78H,3-38H2,1-2H3,(H,79,80)/t39-,40?,41?,42?,45+,46-,47+,48?,49?,50?,51+,52?,53?,54+,55-,56+,57-,58?,59+,60-,61-,62+/m1/s1. The fraction of sp³-hybridized carbons (Fsp3) is 0.968. The number of aliphatic hydroxyl groups excluding tert-OH is 14. The van der Waals surface area contributed by atoms with E-state index in [4.69, 9.17) is 46.9 Å². The van der Waals surface area contributed by atoms with Gasteiger partial charge in [0.25, 0.3) is 0 Å². The van der Waals surface area contributed by atoms with Crippen molar-refractivity contribution in [3.63, 3.8) is 0 Å². The van der Waals surface area contributed by atoms with E-state index in [9.17, 15) is 90.5 Å². The molecule has 1 saturated carbocycles. The van der Waals surface area contributed by atoms with Crippen LogP contribution in [0.25, 0.3) is 0 Å². The summed E-state index contributed by atoms with van der Waals surface area (Å²) in [4.78, 5) is 37.9. The van der Waals surface area contributed by atoms with Crippen LogP contribution in [0.2, 0.25) is 0 Å². The van der Waals surface area contributed by atoms with Crippen molar-refractivity contribution in [3.05, 3.63) is 0 Å². The number of hydrogen-bond donors (Lipinski definition) is 15. The van der Waals surface area contributed by atoms with Gasteiger partial charge in [-0.15, -0.1) is 0 Å². The Bertz CT molecular complexity index is 1960. The zero-order valence-corrected chi connectivity index (χ0v) is 54.5. The fourth-order valence-corrected chi connectivity index (χ4v) is 12.7. The number of hydrogen-bond acceptors (Lipinski definition) is 27. The van der Waals surface area contributed by atoms with Gasteiger partial charge in [0.05, 0.1) is 26.4 Å². The molecule has 0 aromatic rings. The van der Waals surface area contributed by atoms with Crippen LogP contribution in [0.4, 0.5) is 0 Å². The molecular formula is C62H115O28P. The van der Waals surface area contributed by atoms with E-state index in [1.165, 1.54) is 109 Å². The SMILES string of the molecule is CCCCCCCCCCCCCCCCCCC(=O)OC[C@H](COP(=O)(O)O[C@@H]1C(O[C@@H]2OC(CO[C@@H]3OC(CO)[C@H](O)C(O)[C@@H]3O)[C@H](O)C(O)[C@@H]2O)C(O)[C@@H](O)C(O)[C@H]1O[C@H]1OC(CO)[C@@H](O)C(O)[C@H]1O)OC(=O)CCCCCCCCCCCCCCC. The highest BCUT2D eigenvalue weighted by molar-refractivity contribution is 7.47. The first-order valence-electron chi connectivity index (χ1n) is 33.9. The van der Waals surface area contributed by atoms with E-state index in [-0.39, 0.29) is 12.8 Å². The quantitative estimate of drug-likeness (QED) is 0.0236. The van der Waals surface area contributed by atoms with Gasteiger partial charge in [0.15, 0.2) is 25.0 Å². The molecule has 91 heavy (non-hydrogen) atoms. The number of phosphoric acid groups is 1. The minimum atomic E-state index is -5.75. The molecule has 0 bridgehead atoms. The second kappa shape index (κ2) is 45.0. The van der Waals surface area contributed by atoms with Crippen LogP contribution in [0, 0.1) is 0 Å². The van der Waals surface area contributed by atoms with Gasteiger partial charge in [0.2, 0.25) is 0 Å². The molecule has 15 N–H and O–H groups in total. The number of rotatable bonds is 48. The number of carbonyl (C=O) groups excluding carboxylic acids is 2. The molecule has 1 aliphatic carbocycles. The molecule has 0 radical (unpaired) electrons. The average molecular weight is 1340 g/mol. The number of esters is 2. The van der Waals surface area contributed by atoms with Gasteiger partial charge >= 0.3 is 19.8 Å². The highest BCUT2D eigenvalue weighted by atomic mass is 31.2. The third-order valence-electron chi connectivity index (χ3n) is 17.5. The van der Waals surface area contributed by atoms with E-state index >= 15 is 0 Å². The number of phosphoric ester groups is 1. The van der Waals surface area contributed by atoms with Gasteiger partial charge < -0.3 is 114 Å². The Kier molecular flexibility index (Phi) is 40.3. The molecule has 23 atom stereocenters. The lowest BCUT2D eigenvalue weighted by molar-refractivity contribution is -0.364. The van der Waals surface area contributed by atoms with Crippen molar-refractivity contribution < 1.29 is 137 Å². The molecule has 536 valence electrons. The minimum Gasteiger partial charge on any atom is -0.462 e. The van der Waals surface area contributed by atoms with Crippen LogP contribution in [-0.4, -0.2) is 256 Å². The van der Waals surface area contributed by atoms with Crippen molar-refractivity contribution in [2.24, 2.45) is 0 Å². The molecule has 3 heterocycles. The summed E-state index contributed by atoms with van der Waals surface area (Å²) in [6, 6.07) is 0. The summed E-state index contributed by atoms with van der Waals surface area (Å²) in [5.41, 5.74) is 0. The Morgan fingerprint density at radius 1 is 0.396 bits per heavy atom. The normalized spacial score (nSPS) is 34.0. The number of carbonyl (C=O) groups is 2. The molecule has 4 rings (SSSR count). The van der Waals surface area contributed by atoms with Crippen LogP contribution in [0.1, 0.15) is 213 Å². The molecule has 3 saturated heterocycles. The van der Waals surface area contributed by atoms with Gasteiger partial charge in [0.1, 0.15) is 116 Å². The maximum absolute atomic E-state index is 14.3. The van der Waals surface area contributed by atoms with E-state index in [2.05, 4.69) is 13.8 Å². The lowest BCUT2D eigenvalue weighted by Gasteiger charge is -2.49. The molecule has 4 aliphatic rings. The monoisotopic (exact) mass is 1340 g/mol. The van der Waals surface area contributed by atoms with Crippen molar-refractivity contribution in [1.82, 2.24) is 0 Å².